The first-order valence-corrected chi connectivity index (χ1v) is 13.3. The van der Waals surface area contributed by atoms with E-state index in [-0.39, 0.29) is 24.0 Å². The number of aromatic amines is 1. The molecule has 0 radical (unpaired) electrons. The van der Waals surface area contributed by atoms with E-state index in [1.807, 2.05) is 23.7 Å². The summed E-state index contributed by atoms with van der Waals surface area (Å²) in [5.74, 6) is 0.0196. The predicted octanol–water partition coefficient (Wildman–Crippen LogP) is 3.47. The van der Waals surface area contributed by atoms with Gasteiger partial charge in [-0.25, -0.2) is 12.7 Å². The second-order valence-corrected chi connectivity index (χ2v) is 11.3. The monoisotopic (exact) mass is 475 g/mol. The number of carbonyl (C=O) groups is 1. The van der Waals surface area contributed by atoms with Gasteiger partial charge in [0.25, 0.3) is 0 Å². The molecule has 0 bridgehead atoms. The van der Waals surface area contributed by atoms with E-state index in [9.17, 15) is 13.2 Å². The molecular weight excluding hydrogens is 446 g/mol. The van der Waals surface area contributed by atoms with Crippen LogP contribution in [0.1, 0.15) is 36.3 Å². The van der Waals surface area contributed by atoms with Crippen LogP contribution in [0.25, 0.3) is 21.3 Å². The average Bonchev–Trinajstić information content (AvgIpc) is 3.44. The number of nitrogens with zero attached hydrogens (tertiary/aromatic N) is 1. The van der Waals surface area contributed by atoms with Crippen LogP contribution < -0.4 is 5.73 Å². The zero-order valence-corrected chi connectivity index (χ0v) is 19.8. The number of primary amides is 1. The van der Waals surface area contributed by atoms with Crippen LogP contribution in [0.5, 0.6) is 0 Å². The number of hydrogen-bond acceptors (Lipinski definition) is 5. The topological polar surface area (TPSA) is 105 Å². The zero-order valence-electron chi connectivity index (χ0n) is 18.2. The van der Waals surface area contributed by atoms with E-state index in [1.54, 1.807) is 22.8 Å². The molecule has 3 heterocycles. The first kappa shape index (κ1) is 23.0. The molecule has 4 rings (SSSR count). The fraction of sp³-hybridized carbons (Fsp3) is 0.435. The summed E-state index contributed by atoms with van der Waals surface area (Å²) in [5, 5.41) is 3.13. The number of amides is 1. The third-order valence-electron chi connectivity index (χ3n) is 6.11. The summed E-state index contributed by atoms with van der Waals surface area (Å²) in [6.45, 7) is 1.49. The highest BCUT2D eigenvalue weighted by Crippen LogP contribution is 2.38. The molecule has 7 nitrogen and oxygen atoms in total. The minimum atomic E-state index is -3.25. The third kappa shape index (κ3) is 4.91. The molecule has 0 unspecified atom stereocenters. The van der Waals surface area contributed by atoms with Crippen LogP contribution in [-0.2, 0) is 26.0 Å². The maximum Gasteiger partial charge on any atom is 0.221 e. The molecule has 0 spiro atoms. The number of aromatic nitrogens is 1. The second kappa shape index (κ2) is 9.74. The van der Waals surface area contributed by atoms with Crippen LogP contribution in [0.15, 0.2) is 35.8 Å². The number of sulfonamides is 1. The summed E-state index contributed by atoms with van der Waals surface area (Å²) in [4.78, 5) is 16.2. The van der Waals surface area contributed by atoms with E-state index in [0.29, 0.717) is 26.1 Å². The van der Waals surface area contributed by atoms with Gasteiger partial charge in [0, 0.05) is 48.8 Å². The summed E-state index contributed by atoms with van der Waals surface area (Å²) in [6.07, 6.45) is 4.24. The van der Waals surface area contributed by atoms with Crippen molar-refractivity contribution in [2.24, 2.45) is 5.73 Å². The molecule has 0 aliphatic carbocycles. The Hall–Kier alpha value is -2.20. The SMILES string of the molecule is COCCCS(=O)(=O)N1CCC(c2c[nH]c3c(CC(N)=O)cc(-c4cccs4)cc23)CC1. The molecular formula is C23H29N3O4S2. The molecule has 1 fully saturated rings. The number of thiophene rings is 1. The van der Waals surface area contributed by atoms with E-state index < -0.39 is 10.0 Å². The van der Waals surface area contributed by atoms with E-state index >= 15 is 0 Å². The number of benzene rings is 1. The normalized spacial score (nSPS) is 16.0. The number of nitrogens with two attached hydrogens (primary N) is 1. The lowest BCUT2D eigenvalue weighted by Gasteiger charge is -2.31. The Morgan fingerprint density at radius 1 is 1.31 bits per heavy atom. The van der Waals surface area contributed by atoms with Gasteiger partial charge in [0.15, 0.2) is 0 Å². The van der Waals surface area contributed by atoms with E-state index in [2.05, 4.69) is 17.1 Å². The highest BCUT2D eigenvalue weighted by Gasteiger charge is 2.29. The Morgan fingerprint density at radius 2 is 2.09 bits per heavy atom. The minimum absolute atomic E-state index is 0.124. The van der Waals surface area contributed by atoms with Crippen molar-refractivity contribution in [3.63, 3.8) is 0 Å². The fourth-order valence-corrected chi connectivity index (χ4v) is 6.76. The van der Waals surface area contributed by atoms with Gasteiger partial charge in [0.2, 0.25) is 15.9 Å². The van der Waals surface area contributed by atoms with Gasteiger partial charge in [-0.15, -0.1) is 11.3 Å². The Kier molecular flexibility index (Phi) is 6.99. The van der Waals surface area contributed by atoms with Crippen molar-refractivity contribution < 1.29 is 17.9 Å². The number of piperidine rings is 1. The molecule has 1 amide bonds. The van der Waals surface area contributed by atoms with Crippen molar-refractivity contribution in [1.82, 2.24) is 9.29 Å². The number of ether oxygens (including phenoxy) is 1. The van der Waals surface area contributed by atoms with Crippen LogP contribution in [0.3, 0.4) is 0 Å². The Bertz CT molecular complexity index is 1180. The van der Waals surface area contributed by atoms with Gasteiger partial charge in [-0.2, -0.15) is 0 Å². The predicted molar refractivity (Wildman–Crippen MR) is 128 cm³/mol. The van der Waals surface area contributed by atoms with Gasteiger partial charge in [0.05, 0.1) is 12.2 Å². The second-order valence-electron chi connectivity index (χ2n) is 8.26. The van der Waals surface area contributed by atoms with E-state index in [1.165, 1.54) is 5.56 Å². The Morgan fingerprint density at radius 3 is 2.75 bits per heavy atom. The fourth-order valence-electron chi connectivity index (χ4n) is 4.54. The lowest BCUT2D eigenvalue weighted by atomic mass is 9.89. The third-order valence-corrected chi connectivity index (χ3v) is 8.99. The highest BCUT2D eigenvalue weighted by atomic mass is 32.2. The summed E-state index contributed by atoms with van der Waals surface area (Å²) in [5.41, 5.74) is 9.60. The molecule has 0 saturated carbocycles. The highest BCUT2D eigenvalue weighted by molar-refractivity contribution is 7.89. The molecule has 0 atom stereocenters. The molecule has 9 heteroatoms. The first-order valence-electron chi connectivity index (χ1n) is 10.8. The number of fused-ring (bicyclic) bond motifs is 1. The molecule has 32 heavy (non-hydrogen) atoms. The smallest absolute Gasteiger partial charge is 0.221 e. The van der Waals surface area contributed by atoms with Crippen molar-refractivity contribution >= 4 is 38.2 Å². The molecule has 2 aromatic heterocycles. The molecule has 3 N–H and O–H groups in total. The van der Waals surface area contributed by atoms with Crippen molar-refractivity contribution in [3.05, 3.63) is 47.0 Å². The zero-order chi connectivity index (χ0) is 22.7. The maximum atomic E-state index is 12.6. The van der Waals surface area contributed by atoms with Gasteiger partial charge >= 0.3 is 0 Å². The number of H-pyrrole nitrogens is 1. The maximum absolute atomic E-state index is 12.6. The van der Waals surface area contributed by atoms with Gasteiger partial charge in [0.1, 0.15) is 0 Å². The standard InChI is InChI=1S/C23H29N3O4S2/c1-30-9-3-11-32(28,29)26-7-5-16(6-8-26)20-15-25-23-18(14-22(24)27)12-17(13-19(20)23)21-4-2-10-31-21/h2,4,10,12-13,15-16,25H,3,5-9,11,14H2,1H3,(H2,24,27). The minimum Gasteiger partial charge on any atom is -0.385 e. The lowest BCUT2D eigenvalue weighted by Crippen LogP contribution is -2.39. The summed E-state index contributed by atoms with van der Waals surface area (Å²) < 4.78 is 31.8. The number of methoxy groups -OCH3 is 1. The molecule has 1 saturated heterocycles. The summed E-state index contributed by atoms with van der Waals surface area (Å²) in [7, 11) is -1.67. The van der Waals surface area contributed by atoms with Gasteiger partial charge in [-0.1, -0.05) is 6.07 Å². The number of carbonyl (C=O) groups excluding carboxylic acids is 1. The quantitative estimate of drug-likeness (QED) is 0.462. The van der Waals surface area contributed by atoms with Gasteiger partial charge < -0.3 is 15.5 Å². The van der Waals surface area contributed by atoms with Crippen LogP contribution in [0.2, 0.25) is 0 Å². The molecule has 1 aliphatic rings. The summed E-state index contributed by atoms with van der Waals surface area (Å²) in [6, 6.07) is 8.29. The van der Waals surface area contributed by atoms with Crippen molar-refractivity contribution in [2.45, 2.75) is 31.6 Å². The first-order chi connectivity index (χ1) is 15.4. The number of rotatable bonds is 9. The largest absolute Gasteiger partial charge is 0.385 e. The van der Waals surface area contributed by atoms with Crippen LogP contribution in [0, 0.1) is 0 Å². The van der Waals surface area contributed by atoms with Gasteiger partial charge in [-0.05, 0) is 65.4 Å². The molecule has 3 aromatic rings. The Labute approximate surface area is 192 Å². The molecule has 172 valence electrons. The molecule has 1 aromatic carbocycles. The summed E-state index contributed by atoms with van der Waals surface area (Å²) >= 11 is 1.66. The van der Waals surface area contributed by atoms with Crippen LogP contribution in [0.4, 0.5) is 0 Å². The van der Waals surface area contributed by atoms with Crippen molar-refractivity contribution in [2.75, 3.05) is 32.6 Å². The van der Waals surface area contributed by atoms with Crippen LogP contribution >= 0.6 is 11.3 Å². The average molecular weight is 476 g/mol. The van der Waals surface area contributed by atoms with E-state index in [0.717, 1.165) is 39.7 Å². The molecule has 1 aliphatic heterocycles. The van der Waals surface area contributed by atoms with Gasteiger partial charge in [-0.3, -0.25) is 4.79 Å². The van der Waals surface area contributed by atoms with E-state index in [4.69, 9.17) is 10.5 Å². The number of nitrogens with one attached hydrogen (secondary N) is 1. The number of hydrogen-bond donors (Lipinski definition) is 2. The lowest BCUT2D eigenvalue weighted by molar-refractivity contribution is -0.117. The van der Waals surface area contributed by atoms with Crippen molar-refractivity contribution in [1.29, 1.82) is 0 Å². The Balaban J connectivity index is 1.59. The van der Waals surface area contributed by atoms with Crippen LogP contribution in [-0.4, -0.2) is 56.2 Å². The van der Waals surface area contributed by atoms with Crippen molar-refractivity contribution in [3.8, 4) is 10.4 Å².